The van der Waals surface area contributed by atoms with Gasteiger partial charge >= 0.3 is 5.97 Å². The van der Waals surface area contributed by atoms with Crippen molar-refractivity contribution in [2.24, 2.45) is 0 Å². The molecule has 2 heterocycles. The van der Waals surface area contributed by atoms with E-state index in [-0.39, 0.29) is 22.3 Å². The lowest BCUT2D eigenvalue weighted by molar-refractivity contribution is -0.126. The Balaban J connectivity index is 1.64. The third kappa shape index (κ3) is 4.01. The van der Waals surface area contributed by atoms with Gasteiger partial charge in [0.05, 0.1) is 16.7 Å². The smallest absolute Gasteiger partial charge is 0.335 e. The second-order valence-corrected chi connectivity index (χ2v) is 6.89. The topological polar surface area (TPSA) is 99.9 Å². The van der Waals surface area contributed by atoms with Gasteiger partial charge in [0.1, 0.15) is 16.6 Å². The molecule has 0 spiro atoms. The summed E-state index contributed by atoms with van der Waals surface area (Å²) in [5.41, 5.74) is 0.541. The van der Waals surface area contributed by atoms with Crippen molar-refractivity contribution in [3.8, 4) is 0 Å². The molecule has 2 N–H and O–H groups in total. The molecule has 2 amide bonds. The van der Waals surface area contributed by atoms with Crippen molar-refractivity contribution in [2.45, 2.75) is 0 Å². The molecule has 1 saturated heterocycles. The fourth-order valence-corrected chi connectivity index (χ4v) is 3.41. The normalized spacial score (nSPS) is 15.5. The quantitative estimate of drug-likeness (QED) is 0.600. The van der Waals surface area contributed by atoms with Crippen LogP contribution < -0.4 is 5.32 Å². The zero-order valence-electron chi connectivity index (χ0n) is 13.2. The molecule has 0 atom stereocenters. The second-order valence-electron chi connectivity index (χ2n) is 5.21. The Morgan fingerprint density at radius 1 is 1.27 bits per heavy atom. The van der Waals surface area contributed by atoms with Gasteiger partial charge in [0.2, 0.25) is 5.91 Å². The highest BCUT2D eigenvalue weighted by molar-refractivity contribution is 8.26. The highest BCUT2D eigenvalue weighted by Crippen LogP contribution is 2.32. The van der Waals surface area contributed by atoms with E-state index >= 15 is 0 Å². The third-order valence-corrected chi connectivity index (χ3v) is 4.79. The Morgan fingerprint density at radius 3 is 2.62 bits per heavy atom. The standard InChI is InChI=1S/C17H12N2O5S2/c20-14(18-11-5-3-10(4-6-11)16(22)23)9-19-15(21)13(26-17(19)25)8-12-2-1-7-24-12/h1-8H,9H2,(H,18,20)(H,22,23)/b13-8+. The number of carboxylic acids is 1. The molecule has 2 aromatic rings. The fourth-order valence-electron chi connectivity index (χ4n) is 2.18. The highest BCUT2D eigenvalue weighted by Gasteiger charge is 2.33. The van der Waals surface area contributed by atoms with Gasteiger partial charge in [-0.1, -0.05) is 24.0 Å². The first kappa shape index (κ1) is 17.9. The summed E-state index contributed by atoms with van der Waals surface area (Å²) in [5.74, 6) is -1.34. The van der Waals surface area contributed by atoms with Crippen LogP contribution in [-0.4, -0.2) is 38.7 Å². The summed E-state index contributed by atoms with van der Waals surface area (Å²) in [4.78, 5) is 37.0. The SMILES string of the molecule is O=C(CN1C(=O)/C(=C\c2ccco2)SC1=S)Nc1ccc(C(=O)O)cc1. The van der Waals surface area contributed by atoms with Crippen molar-refractivity contribution in [3.63, 3.8) is 0 Å². The van der Waals surface area contributed by atoms with E-state index in [1.165, 1.54) is 35.4 Å². The second kappa shape index (κ2) is 7.54. The number of anilines is 1. The van der Waals surface area contributed by atoms with Crippen LogP contribution in [0.25, 0.3) is 6.08 Å². The van der Waals surface area contributed by atoms with E-state index in [0.717, 1.165) is 11.8 Å². The number of aromatic carboxylic acids is 1. The summed E-state index contributed by atoms with van der Waals surface area (Å²) in [6, 6.07) is 9.12. The summed E-state index contributed by atoms with van der Waals surface area (Å²) < 4.78 is 5.46. The van der Waals surface area contributed by atoms with Crippen LogP contribution in [-0.2, 0) is 9.59 Å². The van der Waals surface area contributed by atoms with E-state index in [2.05, 4.69) is 5.32 Å². The van der Waals surface area contributed by atoms with Crippen molar-refractivity contribution in [1.82, 2.24) is 4.90 Å². The zero-order chi connectivity index (χ0) is 18.7. The summed E-state index contributed by atoms with van der Waals surface area (Å²) in [6.07, 6.45) is 3.07. The maximum Gasteiger partial charge on any atom is 0.335 e. The molecule has 3 rings (SSSR count). The first-order valence-corrected chi connectivity index (χ1v) is 8.58. The molecule has 7 nitrogen and oxygen atoms in total. The minimum Gasteiger partial charge on any atom is -0.478 e. The lowest BCUT2D eigenvalue weighted by atomic mass is 10.2. The minimum atomic E-state index is -1.05. The molecule has 26 heavy (non-hydrogen) atoms. The van der Waals surface area contributed by atoms with E-state index < -0.39 is 11.9 Å². The number of carboxylic acid groups (broad SMARTS) is 1. The van der Waals surface area contributed by atoms with Gasteiger partial charge in [-0.25, -0.2) is 4.79 Å². The van der Waals surface area contributed by atoms with E-state index in [4.69, 9.17) is 21.7 Å². The zero-order valence-corrected chi connectivity index (χ0v) is 14.8. The molecule has 1 aliphatic rings. The number of carbonyl (C=O) groups excluding carboxylic acids is 2. The van der Waals surface area contributed by atoms with Crippen molar-refractivity contribution in [3.05, 3.63) is 58.9 Å². The maximum absolute atomic E-state index is 12.4. The molecule has 9 heteroatoms. The number of amides is 2. The van der Waals surface area contributed by atoms with Crippen LogP contribution in [0.2, 0.25) is 0 Å². The number of hydrogen-bond acceptors (Lipinski definition) is 6. The molecule has 1 fully saturated rings. The summed E-state index contributed by atoms with van der Waals surface area (Å²) >= 11 is 6.27. The summed E-state index contributed by atoms with van der Waals surface area (Å²) in [6.45, 7) is -0.235. The van der Waals surface area contributed by atoms with Crippen LogP contribution >= 0.6 is 24.0 Å². The Morgan fingerprint density at radius 2 is 2.00 bits per heavy atom. The van der Waals surface area contributed by atoms with E-state index in [9.17, 15) is 14.4 Å². The molecule has 0 saturated carbocycles. The largest absolute Gasteiger partial charge is 0.478 e. The Labute approximate surface area is 157 Å². The van der Waals surface area contributed by atoms with Crippen LogP contribution in [0, 0.1) is 0 Å². The highest BCUT2D eigenvalue weighted by atomic mass is 32.2. The van der Waals surface area contributed by atoms with Gasteiger partial charge in [-0.15, -0.1) is 0 Å². The molecule has 1 aliphatic heterocycles. The molecule has 132 valence electrons. The molecule has 0 unspecified atom stereocenters. The molecule has 0 aliphatic carbocycles. The number of thiocarbonyl (C=S) groups is 1. The number of nitrogens with zero attached hydrogens (tertiary/aromatic N) is 1. The van der Waals surface area contributed by atoms with Crippen molar-refractivity contribution < 1.29 is 23.9 Å². The number of thioether (sulfide) groups is 1. The van der Waals surface area contributed by atoms with E-state index in [1.54, 1.807) is 18.2 Å². The predicted octanol–water partition coefficient (Wildman–Crippen LogP) is 2.82. The van der Waals surface area contributed by atoms with Gasteiger partial charge in [-0.05, 0) is 36.4 Å². The van der Waals surface area contributed by atoms with Crippen LogP contribution in [0.5, 0.6) is 0 Å². The van der Waals surface area contributed by atoms with E-state index in [1.807, 2.05) is 0 Å². The number of carbonyl (C=O) groups is 3. The number of furan rings is 1. The number of benzene rings is 1. The monoisotopic (exact) mass is 388 g/mol. The van der Waals surface area contributed by atoms with Crippen molar-refractivity contribution in [2.75, 3.05) is 11.9 Å². The molecule has 0 radical (unpaired) electrons. The Kier molecular flexibility index (Phi) is 5.19. The van der Waals surface area contributed by atoms with Gasteiger partial charge in [0, 0.05) is 11.8 Å². The van der Waals surface area contributed by atoms with Gasteiger partial charge in [-0.2, -0.15) is 0 Å². The lowest BCUT2D eigenvalue weighted by Gasteiger charge is -2.14. The molecule has 0 bridgehead atoms. The van der Waals surface area contributed by atoms with Gasteiger partial charge < -0.3 is 14.8 Å². The molecule has 1 aromatic carbocycles. The number of hydrogen-bond donors (Lipinski definition) is 2. The van der Waals surface area contributed by atoms with Gasteiger partial charge in [0.25, 0.3) is 5.91 Å². The first-order valence-electron chi connectivity index (χ1n) is 7.36. The van der Waals surface area contributed by atoms with E-state index in [0.29, 0.717) is 16.4 Å². The van der Waals surface area contributed by atoms with Gasteiger partial charge in [0.15, 0.2) is 0 Å². The number of rotatable bonds is 5. The average molecular weight is 388 g/mol. The van der Waals surface area contributed by atoms with Crippen molar-refractivity contribution >= 4 is 57.8 Å². The fraction of sp³-hybridized carbons (Fsp3) is 0.0588. The first-order chi connectivity index (χ1) is 12.4. The summed E-state index contributed by atoms with van der Waals surface area (Å²) in [5, 5.41) is 11.5. The van der Waals surface area contributed by atoms with Crippen molar-refractivity contribution in [1.29, 1.82) is 0 Å². The van der Waals surface area contributed by atoms with Crippen LogP contribution in [0.4, 0.5) is 5.69 Å². The molecular weight excluding hydrogens is 376 g/mol. The number of nitrogens with one attached hydrogen (secondary N) is 1. The van der Waals surface area contributed by atoms with Crippen LogP contribution in [0.3, 0.4) is 0 Å². The Hall–Kier alpha value is -2.91. The lowest BCUT2D eigenvalue weighted by Crippen LogP contribution is -2.36. The third-order valence-electron chi connectivity index (χ3n) is 3.41. The maximum atomic E-state index is 12.4. The molecule has 1 aromatic heterocycles. The van der Waals surface area contributed by atoms with Gasteiger partial charge in [-0.3, -0.25) is 14.5 Å². The average Bonchev–Trinajstić information content (AvgIpc) is 3.20. The van der Waals surface area contributed by atoms with Crippen LogP contribution in [0.1, 0.15) is 16.1 Å². The minimum absolute atomic E-state index is 0.114. The van der Waals surface area contributed by atoms with Crippen LogP contribution in [0.15, 0.2) is 52.0 Å². The Bertz CT molecular complexity index is 904. The molecular formula is C17H12N2O5S2. The predicted molar refractivity (Wildman–Crippen MR) is 101 cm³/mol. The summed E-state index contributed by atoms with van der Waals surface area (Å²) in [7, 11) is 0.